The molecule has 0 aromatic carbocycles. The van der Waals surface area contributed by atoms with Gasteiger partial charge in [-0.1, -0.05) is 11.6 Å². The molecule has 1 aromatic heterocycles. The number of pyridine rings is 1. The summed E-state index contributed by atoms with van der Waals surface area (Å²) in [5, 5.41) is 10.7. The minimum atomic E-state index is -0.605. The van der Waals surface area contributed by atoms with Crippen molar-refractivity contribution in [3.8, 4) is 0 Å². The van der Waals surface area contributed by atoms with E-state index in [-0.39, 0.29) is 22.3 Å². The minimum absolute atomic E-state index is 0.0277. The fourth-order valence-electron chi connectivity index (χ4n) is 1.62. The molecule has 20 heavy (non-hydrogen) atoms. The molecule has 0 radical (unpaired) electrons. The zero-order valence-corrected chi connectivity index (χ0v) is 12.4. The molecular formula is C12H17ClN4O3. The summed E-state index contributed by atoms with van der Waals surface area (Å²) in [7, 11) is 5.53. The molecule has 0 unspecified atom stereocenters. The summed E-state index contributed by atoms with van der Waals surface area (Å²) in [6.45, 7) is 1.38. The second-order valence-corrected chi connectivity index (χ2v) is 5.03. The van der Waals surface area contributed by atoms with Crippen LogP contribution in [-0.2, 0) is 0 Å². The molecule has 0 saturated heterocycles. The number of aromatic nitrogens is 1. The summed E-state index contributed by atoms with van der Waals surface area (Å²) in [4.78, 5) is 29.4. The first kappa shape index (κ1) is 16.3. The topological polar surface area (TPSA) is 79.6 Å². The van der Waals surface area contributed by atoms with Gasteiger partial charge >= 0.3 is 0 Å². The van der Waals surface area contributed by atoms with E-state index in [1.807, 2.05) is 19.0 Å². The van der Waals surface area contributed by atoms with Gasteiger partial charge in [-0.2, -0.15) is 0 Å². The fourth-order valence-corrected chi connectivity index (χ4v) is 1.80. The Morgan fingerprint density at radius 2 is 2.05 bits per heavy atom. The third kappa shape index (κ3) is 4.43. The maximum Gasteiger partial charge on any atom is 0.288 e. The van der Waals surface area contributed by atoms with Crippen molar-refractivity contribution in [3.63, 3.8) is 0 Å². The van der Waals surface area contributed by atoms with Crippen LogP contribution in [0.25, 0.3) is 0 Å². The Bertz CT molecular complexity index is 507. The molecule has 110 valence electrons. The minimum Gasteiger partial charge on any atom is -0.342 e. The highest BCUT2D eigenvalue weighted by molar-refractivity contribution is 6.32. The lowest BCUT2D eigenvalue weighted by Gasteiger charge is -2.18. The summed E-state index contributed by atoms with van der Waals surface area (Å²) in [6.07, 6.45) is 1.83. The highest BCUT2D eigenvalue weighted by Crippen LogP contribution is 2.20. The predicted molar refractivity (Wildman–Crippen MR) is 76.0 cm³/mol. The summed E-state index contributed by atoms with van der Waals surface area (Å²) < 4.78 is 0. The van der Waals surface area contributed by atoms with E-state index in [1.54, 1.807) is 7.05 Å². The SMILES string of the molecule is CN(C)CCCN(C)C(=O)c1cc([N+](=O)[O-])cnc1Cl. The van der Waals surface area contributed by atoms with Crippen molar-refractivity contribution in [2.24, 2.45) is 0 Å². The summed E-state index contributed by atoms with van der Waals surface area (Å²) in [5.74, 6) is -0.370. The standard InChI is InChI=1S/C12H17ClN4O3/c1-15(2)5-4-6-16(3)12(18)10-7-9(17(19)20)8-14-11(10)13/h7-8H,4-6H2,1-3H3. The maximum absolute atomic E-state index is 12.2. The average Bonchev–Trinajstić information content (AvgIpc) is 2.37. The third-order valence-electron chi connectivity index (χ3n) is 2.71. The van der Waals surface area contributed by atoms with Crippen LogP contribution < -0.4 is 0 Å². The Balaban J connectivity index is 2.80. The van der Waals surface area contributed by atoms with Crippen molar-refractivity contribution in [2.75, 3.05) is 34.2 Å². The van der Waals surface area contributed by atoms with Crippen molar-refractivity contribution >= 4 is 23.2 Å². The molecule has 8 heteroatoms. The number of carbonyl (C=O) groups excluding carboxylic acids is 1. The van der Waals surface area contributed by atoms with Gasteiger partial charge in [-0.05, 0) is 27.1 Å². The van der Waals surface area contributed by atoms with Gasteiger partial charge in [0.25, 0.3) is 11.6 Å². The number of rotatable bonds is 6. The van der Waals surface area contributed by atoms with Crippen molar-refractivity contribution in [3.05, 3.63) is 33.1 Å². The van der Waals surface area contributed by atoms with Crippen molar-refractivity contribution < 1.29 is 9.72 Å². The van der Waals surface area contributed by atoms with E-state index in [1.165, 1.54) is 4.90 Å². The maximum atomic E-state index is 12.2. The van der Waals surface area contributed by atoms with Gasteiger partial charge in [0.1, 0.15) is 11.3 Å². The van der Waals surface area contributed by atoms with Gasteiger partial charge in [-0.25, -0.2) is 4.98 Å². The molecule has 0 aliphatic carbocycles. The highest BCUT2D eigenvalue weighted by Gasteiger charge is 2.19. The van der Waals surface area contributed by atoms with Crippen molar-refractivity contribution in [1.29, 1.82) is 0 Å². The molecule has 0 N–H and O–H groups in total. The van der Waals surface area contributed by atoms with E-state index in [9.17, 15) is 14.9 Å². The van der Waals surface area contributed by atoms with Gasteiger partial charge in [-0.3, -0.25) is 14.9 Å². The Labute approximate surface area is 122 Å². The predicted octanol–water partition coefficient (Wildman–Crippen LogP) is 1.67. The van der Waals surface area contributed by atoms with E-state index in [4.69, 9.17) is 11.6 Å². The van der Waals surface area contributed by atoms with Crippen LogP contribution in [0.2, 0.25) is 5.15 Å². The van der Waals surface area contributed by atoms with E-state index in [2.05, 4.69) is 4.98 Å². The molecule has 1 aromatic rings. The van der Waals surface area contributed by atoms with Crippen molar-refractivity contribution in [2.45, 2.75) is 6.42 Å². The molecule has 1 rings (SSSR count). The third-order valence-corrected chi connectivity index (χ3v) is 3.01. The molecule has 0 fully saturated rings. The van der Waals surface area contributed by atoms with Gasteiger partial charge in [0.05, 0.1) is 10.5 Å². The monoisotopic (exact) mass is 300 g/mol. The molecule has 0 bridgehead atoms. The number of hydrogen-bond acceptors (Lipinski definition) is 5. The van der Waals surface area contributed by atoms with Gasteiger partial charge in [0.15, 0.2) is 0 Å². The van der Waals surface area contributed by atoms with Crippen LogP contribution in [0, 0.1) is 10.1 Å². The quantitative estimate of drug-likeness (QED) is 0.453. The molecule has 0 saturated carbocycles. The first-order valence-electron chi connectivity index (χ1n) is 6.03. The smallest absolute Gasteiger partial charge is 0.288 e. The summed E-state index contributed by atoms with van der Waals surface area (Å²) in [5.41, 5.74) is -0.201. The largest absolute Gasteiger partial charge is 0.342 e. The molecule has 0 spiro atoms. The highest BCUT2D eigenvalue weighted by atomic mass is 35.5. The Morgan fingerprint density at radius 3 is 2.60 bits per heavy atom. The average molecular weight is 301 g/mol. The molecule has 1 heterocycles. The van der Waals surface area contributed by atoms with Crippen LogP contribution in [0.5, 0.6) is 0 Å². The van der Waals surface area contributed by atoms with Crippen LogP contribution in [0.3, 0.4) is 0 Å². The molecule has 7 nitrogen and oxygen atoms in total. The van der Waals surface area contributed by atoms with E-state index < -0.39 is 4.92 Å². The van der Waals surface area contributed by atoms with Crippen molar-refractivity contribution in [1.82, 2.24) is 14.8 Å². The molecular weight excluding hydrogens is 284 g/mol. The zero-order valence-electron chi connectivity index (χ0n) is 11.7. The lowest BCUT2D eigenvalue weighted by Crippen LogP contribution is -2.30. The van der Waals surface area contributed by atoms with Gasteiger partial charge in [0, 0.05) is 19.7 Å². The van der Waals surface area contributed by atoms with Crippen LogP contribution >= 0.6 is 11.6 Å². The molecule has 0 aliphatic heterocycles. The van der Waals surface area contributed by atoms with Gasteiger partial charge in [0.2, 0.25) is 0 Å². The number of carbonyl (C=O) groups is 1. The van der Waals surface area contributed by atoms with Crippen LogP contribution in [0.15, 0.2) is 12.3 Å². The number of hydrogen-bond donors (Lipinski definition) is 0. The molecule has 0 aliphatic rings. The number of nitrogens with zero attached hydrogens (tertiary/aromatic N) is 4. The van der Waals surface area contributed by atoms with Crippen LogP contribution in [0.4, 0.5) is 5.69 Å². The van der Waals surface area contributed by atoms with Crippen LogP contribution in [0.1, 0.15) is 16.8 Å². The Morgan fingerprint density at radius 1 is 1.40 bits per heavy atom. The fraction of sp³-hybridized carbons (Fsp3) is 0.500. The van der Waals surface area contributed by atoms with Gasteiger partial charge in [-0.15, -0.1) is 0 Å². The molecule has 1 amide bonds. The molecule has 0 atom stereocenters. The Hall–Kier alpha value is -1.73. The second kappa shape index (κ2) is 7.16. The first-order valence-corrected chi connectivity index (χ1v) is 6.41. The first-order chi connectivity index (χ1) is 9.32. The summed E-state index contributed by atoms with van der Waals surface area (Å²) in [6, 6.07) is 1.15. The lowest BCUT2D eigenvalue weighted by molar-refractivity contribution is -0.385. The zero-order chi connectivity index (χ0) is 15.3. The Kier molecular flexibility index (Phi) is 5.84. The summed E-state index contributed by atoms with van der Waals surface area (Å²) >= 11 is 5.83. The number of amides is 1. The normalized spacial score (nSPS) is 10.7. The van der Waals surface area contributed by atoms with E-state index >= 15 is 0 Å². The van der Waals surface area contributed by atoms with Crippen LogP contribution in [-0.4, -0.2) is 59.8 Å². The number of nitro groups is 1. The van der Waals surface area contributed by atoms with E-state index in [0.29, 0.717) is 6.54 Å². The number of halogens is 1. The van der Waals surface area contributed by atoms with Gasteiger partial charge < -0.3 is 9.80 Å². The van der Waals surface area contributed by atoms with E-state index in [0.717, 1.165) is 25.2 Å². The lowest BCUT2D eigenvalue weighted by atomic mass is 10.2. The second-order valence-electron chi connectivity index (χ2n) is 4.67.